The Labute approximate surface area is 145 Å². The predicted molar refractivity (Wildman–Crippen MR) is 94.1 cm³/mol. The molecule has 1 aliphatic rings. The molecule has 5 nitrogen and oxygen atoms in total. The molecule has 2 N–H and O–H groups in total. The minimum Gasteiger partial charge on any atom is -0.361 e. The highest BCUT2D eigenvalue weighted by atomic mass is 35.5. The number of fused-ring (bicyclic) bond motifs is 2. The molecule has 0 spiro atoms. The maximum atomic E-state index is 12.4. The summed E-state index contributed by atoms with van der Waals surface area (Å²) in [5.41, 5.74) is 3.38. The molecule has 3 heterocycles. The predicted octanol–water partition coefficient (Wildman–Crippen LogP) is 2.94. The summed E-state index contributed by atoms with van der Waals surface area (Å²) in [5, 5.41) is 4.97. The molecule has 1 atom stereocenters. The normalized spacial score (nSPS) is 17.0. The third-order valence-corrected chi connectivity index (χ3v) is 5.00. The Morgan fingerprint density at radius 1 is 1.46 bits per heavy atom. The van der Waals surface area contributed by atoms with Crippen molar-refractivity contribution < 1.29 is 4.79 Å². The van der Waals surface area contributed by atoms with Crippen molar-refractivity contribution in [2.75, 3.05) is 6.54 Å². The van der Waals surface area contributed by atoms with E-state index >= 15 is 0 Å². The topological polar surface area (TPSA) is 62.7 Å². The first-order valence-electron chi connectivity index (χ1n) is 8.23. The molecule has 124 valence electrons. The van der Waals surface area contributed by atoms with E-state index < -0.39 is 0 Å². The largest absolute Gasteiger partial charge is 0.361 e. The van der Waals surface area contributed by atoms with E-state index in [2.05, 4.69) is 19.9 Å². The molecule has 1 amide bonds. The highest BCUT2D eigenvalue weighted by Gasteiger charge is 2.24. The quantitative estimate of drug-likeness (QED) is 0.765. The summed E-state index contributed by atoms with van der Waals surface area (Å²) in [5.74, 6) is 0.196. The van der Waals surface area contributed by atoms with Crippen LogP contribution in [0.2, 0.25) is 5.02 Å². The Balaban J connectivity index is 1.34. The number of aryl methyl sites for hydroxylation is 1. The number of carbonyl (C=O) groups excluding carboxylic acids is 1. The Morgan fingerprint density at radius 2 is 2.38 bits per heavy atom. The highest BCUT2D eigenvalue weighted by Crippen LogP contribution is 2.23. The van der Waals surface area contributed by atoms with Gasteiger partial charge in [-0.25, -0.2) is 4.98 Å². The number of nitrogens with zero attached hydrogens (tertiary/aromatic N) is 2. The standard InChI is InChI=1S/C18H19ClN4O/c19-14-1-2-16-13(9-22-17(16)8-14)3-5-21-18(24)12-4-6-23-11-20-10-15(23)7-12/h1-2,8-12,22H,3-7H2,(H,21,24). The molecule has 1 unspecified atom stereocenters. The summed E-state index contributed by atoms with van der Waals surface area (Å²) >= 11 is 6.00. The Hall–Kier alpha value is -2.27. The van der Waals surface area contributed by atoms with E-state index in [9.17, 15) is 4.79 Å². The molecule has 0 aliphatic carbocycles. The number of aromatic amines is 1. The lowest BCUT2D eigenvalue weighted by atomic mass is 9.95. The number of H-pyrrole nitrogens is 1. The van der Waals surface area contributed by atoms with Gasteiger partial charge in [0.25, 0.3) is 0 Å². The zero-order valence-electron chi connectivity index (χ0n) is 13.3. The lowest BCUT2D eigenvalue weighted by Gasteiger charge is -2.22. The average Bonchev–Trinajstić information content (AvgIpc) is 3.20. The number of rotatable bonds is 4. The molecule has 0 saturated carbocycles. The van der Waals surface area contributed by atoms with Crippen molar-refractivity contribution in [2.45, 2.75) is 25.8 Å². The monoisotopic (exact) mass is 342 g/mol. The maximum Gasteiger partial charge on any atom is 0.223 e. The molecule has 3 aromatic rings. The number of carbonyl (C=O) groups is 1. The molecule has 2 aromatic heterocycles. The zero-order valence-corrected chi connectivity index (χ0v) is 14.0. The number of hydrogen-bond donors (Lipinski definition) is 2. The van der Waals surface area contributed by atoms with Crippen molar-refractivity contribution in [3.05, 3.63) is 53.2 Å². The number of hydrogen-bond acceptors (Lipinski definition) is 2. The van der Waals surface area contributed by atoms with Crippen molar-refractivity contribution in [2.24, 2.45) is 5.92 Å². The average molecular weight is 343 g/mol. The van der Waals surface area contributed by atoms with Crippen LogP contribution in [0.15, 0.2) is 36.9 Å². The van der Waals surface area contributed by atoms with Gasteiger partial charge in [-0.1, -0.05) is 17.7 Å². The van der Waals surface area contributed by atoms with Gasteiger partial charge >= 0.3 is 0 Å². The summed E-state index contributed by atoms with van der Waals surface area (Å²) in [4.78, 5) is 19.8. The van der Waals surface area contributed by atoms with Crippen LogP contribution in [0.4, 0.5) is 0 Å². The van der Waals surface area contributed by atoms with Crippen LogP contribution in [0, 0.1) is 5.92 Å². The minimum atomic E-state index is 0.0518. The molecule has 0 radical (unpaired) electrons. The molecule has 1 aliphatic heterocycles. The van der Waals surface area contributed by atoms with Crippen LogP contribution in [-0.4, -0.2) is 27.0 Å². The van der Waals surface area contributed by atoms with Gasteiger partial charge in [-0.3, -0.25) is 4.79 Å². The summed E-state index contributed by atoms with van der Waals surface area (Å²) < 4.78 is 2.13. The van der Waals surface area contributed by atoms with Crippen LogP contribution in [0.1, 0.15) is 17.7 Å². The number of imidazole rings is 1. The molecular formula is C18H19ClN4O. The second-order valence-corrected chi connectivity index (χ2v) is 6.75. The third kappa shape index (κ3) is 2.91. The van der Waals surface area contributed by atoms with E-state index in [0.717, 1.165) is 47.4 Å². The van der Waals surface area contributed by atoms with E-state index in [1.807, 2.05) is 36.9 Å². The molecule has 4 rings (SSSR count). The van der Waals surface area contributed by atoms with Crippen molar-refractivity contribution in [3.8, 4) is 0 Å². The van der Waals surface area contributed by atoms with Crippen LogP contribution in [0.5, 0.6) is 0 Å². The van der Waals surface area contributed by atoms with Crippen molar-refractivity contribution in [1.82, 2.24) is 19.9 Å². The van der Waals surface area contributed by atoms with Gasteiger partial charge in [-0.2, -0.15) is 0 Å². The van der Waals surface area contributed by atoms with E-state index in [4.69, 9.17) is 11.6 Å². The van der Waals surface area contributed by atoms with Crippen molar-refractivity contribution in [3.63, 3.8) is 0 Å². The first kappa shape index (κ1) is 15.3. The molecule has 6 heteroatoms. The van der Waals surface area contributed by atoms with Gasteiger partial charge in [0.1, 0.15) is 0 Å². The van der Waals surface area contributed by atoms with Crippen LogP contribution in [0.25, 0.3) is 10.9 Å². The van der Waals surface area contributed by atoms with Gasteiger partial charge in [0.2, 0.25) is 5.91 Å². The summed E-state index contributed by atoms with van der Waals surface area (Å²) in [6, 6.07) is 5.84. The van der Waals surface area contributed by atoms with E-state index in [0.29, 0.717) is 6.54 Å². The fraction of sp³-hybridized carbons (Fsp3) is 0.333. The lowest BCUT2D eigenvalue weighted by Crippen LogP contribution is -2.36. The second kappa shape index (κ2) is 6.32. The smallest absolute Gasteiger partial charge is 0.223 e. The third-order valence-electron chi connectivity index (χ3n) is 4.77. The van der Waals surface area contributed by atoms with Crippen LogP contribution in [0.3, 0.4) is 0 Å². The molecule has 0 fully saturated rings. The Kier molecular flexibility index (Phi) is 4.02. The fourth-order valence-corrected chi connectivity index (χ4v) is 3.59. The first-order valence-corrected chi connectivity index (χ1v) is 8.61. The summed E-state index contributed by atoms with van der Waals surface area (Å²) in [6.07, 6.45) is 8.14. The van der Waals surface area contributed by atoms with Crippen LogP contribution in [-0.2, 0) is 24.2 Å². The van der Waals surface area contributed by atoms with Crippen LogP contribution < -0.4 is 5.32 Å². The lowest BCUT2D eigenvalue weighted by molar-refractivity contribution is -0.125. The Bertz CT molecular complexity index is 882. The number of benzene rings is 1. The first-order chi connectivity index (χ1) is 11.7. The van der Waals surface area contributed by atoms with E-state index in [1.54, 1.807) is 0 Å². The number of aromatic nitrogens is 3. The van der Waals surface area contributed by atoms with Gasteiger partial charge in [0.15, 0.2) is 0 Å². The highest BCUT2D eigenvalue weighted by molar-refractivity contribution is 6.31. The molecule has 0 bridgehead atoms. The minimum absolute atomic E-state index is 0.0518. The van der Waals surface area contributed by atoms with E-state index in [1.165, 1.54) is 5.56 Å². The number of amides is 1. The van der Waals surface area contributed by atoms with Gasteiger partial charge in [-0.15, -0.1) is 0 Å². The number of nitrogens with one attached hydrogen (secondary N) is 2. The van der Waals surface area contributed by atoms with Gasteiger partial charge < -0.3 is 14.9 Å². The summed E-state index contributed by atoms with van der Waals surface area (Å²) in [7, 11) is 0. The molecule has 1 aromatic carbocycles. The van der Waals surface area contributed by atoms with Gasteiger partial charge in [-0.05, 0) is 30.5 Å². The molecular weight excluding hydrogens is 324 g/mol. The second-order valence-electron chi connectivity index (χ2n) is 6.31. The fourth-order valence-electron chi connectivity index (χ4n) is 3.42. The van der Waals surface area contributed by atoms with Crippen LogP contribution >= 0.6 is 11.6 Å². The molecule has 0 saturated heterocycles. The summed E-state index contributed by atoms with van der Waals surface area (Å²) in [6.45, 7) is 1.51. The van der Waals surface area contributed by atoms with E-state index in [-0.39, 0.29) is 11.8 Å². The maximum absolute atomic E-state index is 12.4. The van der Waals surface area contributed by atoms with Crippen molar-refractivity contribution >= 4 is 28.4 Å². The van der Waals surface area contributed by atoms with Gasteiger partial charge in [0, 0.05) is 59.4 Å². The number of halogens is 1. The Morgan fingerprint density at radius 3 is 3.29 bits per heavy atom. The zero-order chi connectivity index (χ0) is 16.5. The SMILES string of the molecule is O=C(NCCc1c[nH]c2cc(Cl)ccc12)C1CCn2cncc2C1. The van der Waals surface area contributed by atoms with Crippen molar-refractivity contribution in [1.29, 1.82) is 0 Å². The molecule has 24 heavy (non-hydrogen) atoms. The van der Waals surface area contributed by atoms with Gasteiger partial charge in [0.05, 0.1) is 6.33 Å².